The lowest BCUT2D eigenvalue weighted by atomic mass is 10.1. The maximum Gasteiger partial charge on any atom is 0.221 e. The van der Waals surface area contributed by atoms with Gasteiger partial charge in [0.1, 0.15) is 0 Å². The highest BCUT2D eigenvalue weighted by molar-refractivity contribution is 5.76. The number of nitrogens with one attached hydrogen (secondary N) is 1. The Morgan fingerprint density at radius 3 is 3.12 bits per heavy atom. The average Bonchev–Trinajstić information content (AvgIpc) is 2.69. The number of hydrogen-bond donors (Lipinski definition) is 2. The molecule has 92 valence electrons. The molecule has 1 aliphatic rings. The van der Waals surface area contributed by atoms with Crippen LogP contribution in [0.2, 0.25) is 0 Å². The van der Waals surface area contributed by atoms with Crippen LogP contribution in [0.1, 0.15) is 18.9 Å². The van der Waals surface area contributed by atoms with Crippen molar-refractivity contribution in [1.82, 2.24) is 5.32 Å². The van der Waals surface area contributed by atoms with Crippen LogP contribution in [0.5, 0.6) is 0 Å². The zero-order valence-corrected chi connectivity index (χ0v) is 10.2. The maximum absolute atomic E-state index is 11.4. The van der Waals surface area contributed by atoms with Crippen LogP contribution in [0.25, 0.3) is 0 Å². The van der Waals surface area contributed by atoms with E-state index in [2.05, 4.69) is 16.3 Å². The predicted molar refractivity (Wildman–Crippen MR) is 70.1 cm³/mol. The highest BCUT2D eigenvalue weighted by atomic mass is 16.1. The van der Waals surface area contributed by atoms with Crippen molar-refractivity contribution in [1.29, 1.82) is 0 Å². The summed E-state index contributed by atoms with van der Waals surface area (Å²) in [4.78, 5) is 13.7. The number of nitrogens with zero attached hydrogens (tertiary/aromatic N) is 1. The third kappa shape index (κ3) is 2.70. The number of amides is 1. The molecule has 0 radical (unpaired) electrons. The molecule has 1 heterocycles. The number of fused-ring (bicyclic) bond motifs is 1. The molecule has 0 saturated heterocycles. The minimum atomic E-state index is 0.122. The van der Waals surface area contributed by atoms with E-state index in [1.165, 1.54) is 11.3 Å². The second-order valence-electron chi connectivity index (χ2n) is 4.33. The Hall–Kier alpha value is -1.71. The van der Waals surface area contributed by atoms with Crippen molar-refractivity contribution in [2.75, 3.05) is 30.3 Å². The van der Waals surface area contributed by atoms with Gasteiger partial charge in [-0.3, -0.25) is 4.79 Å². The molecule has 17 heavy (non-hydrogen) atoms. The molecule has 0 fully saturated rings. The van der Waals surface area contributed by atoms with Crippen LogP contribution in [-0.2, 0) is 11.2 Å². The Balaban J connectivity index is 1.95. The van der Waals surface area contributed by atoms with Crippen LogP contribution in [0.15, 0.2) is 18.2 Å². The summed E-state index contributed by atoms with van der Waals surface area (Å²) < 4.78 is 0. The minimum absolute atomic E-state index is 0.122. The van der Waals surface area contributed by atoms with Crippen molar-refractivity contribution in [3.05, 3.63) is 23.8 Å². The van der Waals surface area contributed by atoms with Gasteiger partial charge in [-0.25, -0.2) is 0 Å². The molecule has 4 heteroatoms. The number of nitrogen functional groups attached to an aromatic ring is 1. The quantitative estimate of drug-likeness (QED) is 0.767. The normalized spacial score (nSPS) is 13.6. The molecule has 0 saturated carbocycles. The molecule has 0 unspecified atom stereocenters. The van der Waals surface area contributed by atoms with Crippen molar-refractivity contribution in [3.63, 3.8) is 0 Å². The van der Waals surface area contributed by atoms with E-state index in [0.717, 1.165) is 25.2 Å². The van der Waals surface area contributed by atoms with E-state index >= 15 is 0 Å². The highest BCUT2D eigenvalue weighted by Gasteiger charge is 2.19. The largest absolute Gasteiger partial charge is 0.399 e. The highest BCUT2D eigenvalue weighted by Crippen LogP contribution is 2.29. The van der Waals surface area contributed by atoms with Crippen LogP contribution >= 0.6 is 0 Å². The van der Waals surface area contributed by atoms with Gasteiger partial charge in [-0.15, -0.1) is 0 Å². The van der Waals surface area contributed by atoms with Crippen LogP contribution < -0.4 is 16.0 Å². The Morgan fingerprint density at radius 2 is 2.35 bits per heavy atom. The Bertz CT molecular complexity index is 417. The van der Waals surface area contributed by atoms with Crippen LogP contribution in [0.4, 0.5) is 11.4 Å². The molecule has 0 atom stereocenters. The Labute approximate surface area is 102 Å². The number of anilines is 2. The van der Waals surface area contributed by atoms with Gasteiger partial charge in [0.2, 0.25) is 5.91 Å². The molecule has 0 spiro atoms. The van der Waals surface area contributed by atoms with Gasteiger partial charge in [-0.1, -0.05) is 0 Å². The first-order chi connectivity index (χ1) is 8.20. The summed E-state index contributed by atoms with van der Waals surface area (Å²) in [5, 5.41) is 2.82. The van der Waals surface area contributed by atoms with E-state index < -0.39 is 0 Å². The Morgan fingerprint density at radius 1 is 1.53 bits per heavy atom. The number of carbonyl (C=O) groups is 1. The SMILES string of the molecule is CCNC(=O)CCN1CCc2cc(N)ccc21. The van der Waals surface area contributed by atoms with Gasteiger partial charge in [0.25, 0.3) is 0 Å². The third-order valence-corrected chi connectivity index (χ3v) is 3.08. The van der Waals surface area contributed by atoms with Gasteiger partial charge in [-0.05, 0) is 37.1 Å². The minimum Gasteiger partial charge on any atom is -0.399 e. The standard InChI is InChI=1S/C13H19N3O/c1-2-15-13(17)6-8-16-7-5-10-9-11(14)3-4-12(10)16/h3-4,9H,2,5-8,14H2,1H3,(H,15,17). The molecular formula is C13H19N3O. The lowest BCUT2D eigenvalue weighted by Crippen LogP contribution is -2.29. The smallest absolute Gasteiger partial charge is 0.221 e. The molecule has 0 bridgehead atoms. The molecule has 2 rings (SSSR count). The topological polar surface area (TPSA) is 58.4 Å². The van der Waals surface area contributed by atoms with E-state index in [1.54, 1.807) is 0 Å². The molecule has 3 N–H and O–H groups in total. The first-order valence-corrected chi connectivity index (χ1v) is 6.10. The molecule has 4 nitrogen and oxygen atoms in total. The van der Waals surface area contributed by atoms with Crippen molar-refractivity contribution < 1.29 is 4.79 Å². The summed E-state index contributed by atoms with van der Waals surface area (Å²) >= 11 is 0. The first-order valence-electron chi connectivity index (χ1n) is 6.10. The third-order valence-electron chi connectivity index (χ3n) is 3.08. The number of hydrogen-bond acceptors (Lipinski definition) is 3. The van der Waals surface area contributed by atoms with E-state index in [4.69, 9.17) is 5.73 Å². The lowest BCUT2D eigenvalue weighted by Gasteiger charge is -2.19. The molecule has 0 aliphatic carbocycles. The molecule has 1 aromatic carbocycles. The zero-order chi connectivity index (χ0) is 12.3. The maximum atomic E-state index is 11.4. The van der Waals surface area contributed by atoms with Gasteiger partial charge in [0.15, 0.2) is 0 Å². The van der Waals surface area contributed by atoms with Gasteiger partial charge < -0.3 is 16.0 Å². The Kier molecular flexibility index (Phi) is 3.52. The summed E-state index contributed by atoms with van der Waals surface area (Å²) in [6.45, 7) is 4.40. The number of nitrogens with two attached hydrogens (primary N) is 1. The fraction of sp³-hybridized carbons (Fsp3) is 0.462. The van der Waals surface area contributed by atoms with E-state index in [0.29, 0.717) is 13.0 Å². The van der Waals surface area contributed by atoms with Crippen molar-refractivity contribution >= 4 is 17.3 Å². The predicted octanol–water partition coefficient (Wildman–Crippen LogP) is 1.16. The van der Waals surface area contributed by atoms with Gasteiger partial charge in [0.05, 0.1) is 0 Å². The summed E-state index contributed by atoms with van der Waals surface area (Å²) in [5.41, 5.74) is 9.09. The molecule has 1 aromatic rings. The van der Waals surface area contributed by atoms with Crippen molar-refractivity contribution in [3.8, 4) is 0 Å². The molecular weight excluding hydrogens is 214 g/mol. The summed E-state index contributed by atoms with van der Waals surface area (Å²) in [5.74, 6) is 0.122. The molecule has 0 aromatic heterocycles. The van der Waals surface area contributed by atoms with Crippen molar-refractivity contribution in [2.45, 2.75) is 19.8 Å². The second-order valence-corrected chi connectivity index (χ2v) is 4.33. The van der Waals surface area contributed by atoms with Gasteiger partial charge in [0, 0.05) is 37.4 Å². The summed E-state index contributed by atoms with van der Waals surface area (Å²) in [6.07, 6.45) is 1.58. The second kappa shape index (κ2) is 5.08. The van der Waals surface area contributed by atoms with E-state index in [-0.39, 0.29) is 5.91 Å². The van der Waals surface area contributed by atoms with Gasteiger partial charge in [-0.2, -0.15) is 0 Å². The fourth-order valence-electron chi connectivity index (χ4n) is 2.24. The number of carbonyl (C=O) groups excluding carboxylic acids is 1. The van der Waals surface area contributed by atoms with Crippen LogP contribution in [0, 0.1) is 0 Å². The number of rotatable bonds is 4. The lowest BCUT2D eigenvalue weighted by molar-refractivity contribution is -0.120. The molecule has 1 amide bonds. The van der Waals surface area contributed by atoms with E-state index in [9.17, 15) is 4.79 Å². The van der Waals surface area contributed by atoms with E-state index in [1.807, 2.05) is 19.1 Å². The fourth-order valence-corrected chi connectivity index (χ4v) is 2.24. The van der Waals surface area contributed by atoms with Crippen LogP contribution in [0.3, 0.4) is 0 Å². The van der Waals surface area contributed by atoms with Gasteiger partial charge >= 0.3 is 0 Å². The average molecular weight is 233 g/mol. The zero-order valence-electron chi connectivity index (χ0n) is 10.2. The first kappa shape index (κ1) is 11.8. The summed E-state index contributed by atoms with van der Waals surface area (Å²) in [6, 6.07) is 6.00. The van der Waals surface area contributed by atoms with Crippen molar-refractivity contribution in [2.24, 2.45) is 0 Å². The van der Waals surface area contributed by atoms with Crippen LogP contribution in [-0.4, -0.2) is 25.5 Å². The number of benzene rings is 1. The molecule has 1 aliphatic heterocycles. The summed E-state index contributed by atoms with van der Waals surface area (Å²) in [7, 11) is 0. The monoisotopic (exact) mass is 233 g/mol.